The summed E-state index contributed by atoms with van der Waals surface area (Å²) in [4.78, 5) is 44.0. The van der Waals surface area contributed by atoms with E-state index >= 15 is 0 Å². The van der Waals surface area contributed by atoms with Gasteiger partial charge in [-0.2, -0.15) is 0 Å². The van der Waals surface area contributed by atoms with Gasteiger partial charge in [-0.15, -0.1) is 0 Å². The van der Waals surface area contributed by atoms with Gasteiger partial charge in [-0.05, 0) is 48.0 Å². The number of esters is 1. The molecule has 4 aromatic rings. The SMILES string of the molecule is COC(=O)c1ccc2nc(NC(=O)Cc3ccc(Oc4ncccc4C(N)=O)cc3)sc2c1. The first-order valence-corrected chi connectivity index (χ1v) is 10.5. The molecule has 9 nitrogen and oxygen atoms in total. The van der Waals surface area contributed by atoms with E-state index in [0.717, 1.165) is 10.3 Å². The molecular formula is C23H18N4O5S. The molecular weight excluding hydrogens is 444 g/mol. The van der Waals surface area contributed by atoms with Crippen LogP contribution in [-0.4, -0.2) is 34.9 Å². The Bertz CT molecular complexity index is 1350. The molecule has 0 radical (unpaired) electrons. The number of pyridine rings is 1. The van der Waals surface area contributed by atoms with E-state index in [-0.39, 0.29) is 23.8 Å². The summed E-state index contributed by atoms with van der Waals surface area (Å²) in [7, 11) is 1.32. The molecule has 0 aliphatic rings. The number of hydrogen-bond donors (Lipinski definition) is 2. The summed E-state index contributed by atoms with van der Waals surface area (Å²) in [6.07, 6.45) is 1.62. The van der Waals surface area contributed by atoms with Gasteiger partial charge in [0.2, 0.25) is 11.8 Å². The summed E-state index contributed by atoms with van der Waals surface area (Å²) < 4.78 is 11.1. The third-order valence-electron chi connectivity index (χ3n) is 4.60. The molecule has 0 fully saturated rings. The number of ether oxygens (including phenoxy) is 2. The number of fused-ring (bicyclic) bond motifs is 1. The van der Waals surface area contributed by atoms with Crippen molar-refractivity contribution in [1.29, 1.82) is 0 Å². The average molecular weight is 462 g/mol. The standard InChI is InChI=1S/C23H18N4O5S/c1-31-22(30)14-6-9-17-18(12-14)33-23(26-17)27-19(28)11-13-4-7-15(8-5-13)32-21-16(20(24)29)3-2-10-25-21/h2-10,12H,11H2,1H3,(H2,24,29)(H,26,27,28). The van der Waals surface area contributed by atoms with Crippen LogP contribution in [-0.2, 0) is 16.0 Å². The van der Waals surface area contributed by atoms with Crippen molar-refractivity contribution in [2.45, 2.75) is 6.42 Å². The number of methoxy groups -OCH3 is 1. The fraction of sp³-hybridized carbons (Fsp3) is 0.0870. The van der Waals surface area contributed by atoms with E-state index in [0.29, 0.717) is 22.0 Å². The highest BCUT2D eigenvalue weighted by molar-refractivity contribution is 7.22. The van der Waals surface area contributed by atoms with Crippen molar-refractivity contribution >= 4 is 44.5 Å². The second-order valence-corrected chi connectivity index (χ2v) is 7.92. The van der Waals surface area contributed by atoms with Gasteiger partial charge in [0.15, 0.2) is 5.13 Å². The van der Waals surface area contributed by atoms with Crippen molar-refractivity contribution in [3.63, 3.8) is 0 Å². The van der Waals surface area contributed by atoms with E-state index in [1.807, 2.05) is 0 Å². The molecule has 2 heterocycles. The van der Waals surface area contributed by atoms with Crippen LogP contribution in [0, 0.1) is 0 Å². The molecule has 0 aliphatic carbocycles. The Balaban J connectivity index is 1.40. The number of primary amides is 1. The maximum absolute atomic E-state index is 12.5. The number of nitrogens with one attached hydrogen (secondary N) is 1. The number of hydrogen-bond acceptors (Lipinski definition) is 8. The minimum absolute atomic E-state index is 0.113. The molecule has 3 N–H and O–H groups in total. The topological polar surface area (TPSA) is 134 Å². The van der Waals surface area contributed by atoms with E-state index in [1.165, 1.54) is 30.7 Å². The highest BCUT2D eigenvalue weighted by atomic mass is 32.1. The molecule has 0 saturated heterocycles. The lowest BCUT2D eigenvalue weighted by atomic mass is 10.1. The molecule has 0 saturated carbocycles. The van der Waals surface area contributed by atoms with E-state index in [2.05, 4.69) is 15.3 Å². The van der Waals surface area contributed by atoms with Gasteiger partial charge in [0.05, 0.1) is 29.3 Å². The highest BCUT2D eigenvalue weighted by Crippen LogP contribution is 2.27. The number of thiazole rings is 1. The van der Waals surface area contributed by atoms with E-state index in [4.69, 9.17) is 15.2 Å². The van der Waals surface area contributed by atoms with Crippen molar-refractivity contribution in [3.05, 3.63) is 77.5 Å². The maximum Gasteiger partial charge on any atom is 0.337 e. The lowest BCUT2D eigenvalue weighted by Crippen LogP contribution is -2.14. The Kier molecular flexibility index (Phi) is 6.27. The summed E-state index contributed by atoms with van der Waals surface area (Å²) in [5, 5.41) is 3.21. The molecule has 0 spiro atoms. The van der Waals surface area contributed by atoms with Crippen LogP contribution >= 0.6 is 11.3 Å². The molecule has 4 rings (SSSR count). The van der Waals surface area contributed by atoms with Gasteiger partial charge < -0.3 is 20.5 Å². The Hall–Kier alpha value is -4.31. The largest absolute Gasteiger partial charge is 0.465 e. The van der Waals surface area contributed by atoms with Crippen molar-refractivity contribution in [1.82, 2.24) is 9.97 Å². The van der Waals surface area contributed by atoms with Crippen LogP contribution in [0.1, 0.15) is 26.3 Å². The van der Waals surface area contributed by atoms with Gasteiger partial charge >= 0.3 is 5.97 Å². The van der Waals surface area contributed by atoms with Crippen LogP contribution in [0.4, 0.5) is 5.13 Å². The fourth-order valence-corrected chi connectivity index (χ4v) is 3.94. The molecule has 10 heteroatoms. The molecule has 2 aromatic heterocycles. The van der Waals surface area contributed by atoms with E-state index in [1.54, 1.807) is 48.5 Å². The van der Waals surface area contributed by atoms with Gasteiger partial charge in [0.25, 0.3) is 5.91 Å². The molecule has 0 bridgehead atoms. The minimum atomic E-state index is -0.636. The first kappa shape index (κ1) is 21.9. The number of carbonyl (C=O) groups is 3. The number of nitrogens with two attached hydrogens (primary N) is 1. The monoisotopic (exact) mass is 462 g/mol. The van der Waals surface area contributed by atoms with Crippen molar-refractivity contribution in [2.75, 3.05) is 12.4 Å². The number of amides is 2. The van der Waals surface area contributed by atoms with Crippen LogP contribution in [0.3, 0.4) is 0 Å². The molecule has 2 aromatic carbocycles. The van der Waals surface area contributed by atoms with Gasteiger partial charge in [0, 0.05) is 6.20 Å². The summed E-state index contributed by atoms with van der Waals surface area (Å²) in [6.45, 7) is 0. The molecule has 0 unspecified atom stereocenters. The Labute approximate surface area is 192 Å². The second kappa shape index (κ2) is 9.45. The van der Waals surface area contributed by atoms with Gasteiger partial charge in [-0.25, -0.2) is 14.8 Å². The number of nitrogens with zero attached hydrogens (tertiary/aromatic N) is 2. The molecule has 33 heavy (non-hydrogen) atoms. The van der Waals surface area contributed by atoms with Crippen LogP contribution in [0.25, 0.3) is 10.2 Å². The Morgan fingerprint density at radius 3 is 2.61 bits per heavy atom. The van der Waals surface area contributed by atoms with Crippen molar-refractivity contribution in [2.24, 2.45) is 5.73 Å². The first-order chi connectivity index (χ1) is 15.9. The lowest BCUT2D eigenvalue weighted by molar-refractivity contribution is -0.115. The normalized spacial score (nSPS) is 10.6. The average Bonchev–Trinajstić information content (AvgIpc) is 3.21. The van der Waals surface area contributed by atoms with E-state index in [9.17, 15) is 14.4 Å². The minimum Gasteiger partial charge on any atom is -0.465 e. The summed E-state index contributed by atoms with van der Waals surface area (Å²) in [5.41, 5.74) is 7.36. The fourth-order valence-electron chi connectivity index (χ4n) is 3.02. The van der Waals surface area contributed by atoms with Gasteiger partial charge in [-0.3, -0.25) is 9.59 Å². The molecule has 0 aliphatic heterocycles. The van der Waals surface area contributed by atoms with Crippen molar-refractivity contribution < 1.29 is 23.9 Å². The van der Waals surface area contributed by atoms with Crippen molar-refractivity contribution in [3.8, 4) is 11.6 Å². The van der Waals surface area contributed by atoms with Crippen LogP contribution in [0.15, 0.2) is 60.8 Å². The third-order valence-corrected chi connectivity index (χ3v) is 5.53. The van der Waals surface area contributed by atoms with Crippen LogP contribution in [0.5, 0.6) is 11.6 Å². The van der Waals surface area contributed by atoms with Gasteiger partial charge in [-0.1, -0.05) is 23.5 Å². The molecule has 0 atom stereocenters. The number of anilines is 1. The Morgan fingerprint density at radius 2 is 1.88 bits per heavy atom. The van der Waals surface area contributed by atoms with Gasteiger partial charge in [0.1, 0.15) is 11.3 Å². The summed E-state index contributed by atoms with van der Waals surface area (Å²) >= 11 is 1.27. The maximum atomic E-state index is 12.5. The highest BCUT2D eigenvalue weighted by Gasteiger charge is 2.13. The lowest BCUT2D eigenvalue weighted by Gasteiger charge is -2.08. The smallest absolute Gasteiger partial charge is 0.337 e. The first-order valence-electron chi connectivity index (χ1n) is 9.73. The van der Waals surface area contributed by atoms with Crippen LogP contribution < -0.4 is 15.8 Å². The van der Waals surface area contributed by atoms with Crippen LogP contribution in [0.2, 0.25) is 0 Å². The van der Waals surface area contributed by atoms with E-state index < -0.39 is 11.9 Å². The predicted octanol–water partition coefficient (Wildman–Crippen LogP) is 3.55. The second-order valence-electron chi connectivity index (χ2n) is 6.88. The zero-order chi connectivity index (χ0) is 23.4. The summed E-state index contributed by atoms with van der Waals surface area (Å²) in [6, 6.07) is 15.0. The number of rotatable bonds is 7. The molecule has 166 valence electrons. The Morgan fingerprint density at radius 1 is 1.09 bits per heavy atom. The summed E-state index contributed by atoms with van der Waals surface area (Å²) in [5.74, 6) is -0.744. The molecule has 2 amide bonds. The predicted molar refractivity (Wildman–Crippen MR) is 123 cm³/mol. The quantitative estimate of drug-likeness (QED) is 0.401. The number of aromatic nitrogens is 2. The third kappa shape index (κ3) is 5.13. The number of benzene rings is 2. The zero-order valence-electron chi connectivity index (χ0n) is 17.4. The zero-order valence-corrected chi connectivity index (χ0v) is 18.2. The number of carbonyl (C=O) groups excluding carboxylic acids is 3.